The third-order valence-electron chi connectivity index (χ3n) is 4.34. The minimum Gasteiger partial charge on any atom is -0.161 e. The van der Waals surface area contributed by atoms with Gasteiger partial charge in [-0.05, 0) is 10.2 Å². The molecule has 1 rings (SSSR count). The maximum atomic E-state index is 7.02. The molecule has 90 valence electrons. The molecule has 0 spiro atoms. The van der Waals surface area contributed by atoms with Crippen molar-refractivity contribution < 1.29 is 0 Å². The third kappa shape index (κ3) is 2.21. The molecule has 0 aliphatic carbocycles. The Morgan fingerprint density at radius 1 is 1.00 bits per heavy atom. The van der Waals surface area contributed by atoms with Gasteiger partial charge in [0.1, 0.15) is 0 Å². The molecule has 1 unspecified atom stereocenters. The van der Waals surface area contributed by atoms with Crippen molar-refractivity contribution in [1.82, 2.24) is 0 Å². The molecule has 1 aromatic rings. The molecule has 0 aliphatic rings. The van der Waals surface area contributed by atoms with E-state index in [-0.39, 0.29) is 0 Å². The highest BCUT2D eigenvalue weighted by Crippen LogP contribution is 2.49. The fraction of sp³-hybridized carbons (Fsp3) is 0.571. The van der Waals surface area contributed by atoms with Gasteiger partial charge in [-0.2, -0.15) is 11.1 Å². The summed E-state index contributed by atoms with van der Waals surface area (Å²) in [6, 6.07) is 10.7. The predicted molar refractivity (Wildman–Crippen MR) is 77.1 cm³/mol. The van der Waals surface area contributed by atoms with E-state index in [9.17, 15) is 0 Å². The Labute approximate surface area is 106 Å². The Morgan fingerprint density at radius 3 is 1.81 bits per heavy atom. The summed E-state index contributed by atoms with van der Waals surface area (Å²) in [5, 5.41) is 1.71. The van der Waals surface area contributed by atoms with E-state index in [0.29, 0.717) is 5.04 Å². The summed E-state index contributed by atoms with van der Waals surface area (Å²) in [5.41, 5.74) is 0. The van der Waals surface area contributed by atoms with Gasteiger partial charge < -0.3 is 0 Å². The van der Waals surface area contributed by atoms with Gasteiger partial charge in [-0.25, -0.2) is 0 Å². The highest BCUT2D eigenvalue weighted by molar-refractivity contribution is 7.28. The van der Waals surface area contributed by atoms with Gasteiger partial charge in [0.2, 0.25) is 0 Å². The minimum absolute atomic E-state index is 0.329. The van der Waals surface area contributed by atoms with Crippen LogP contribution in [0.15, 0.2) is 30.3 Å². The monoisotopic (exact) mass is 254 g/mol. The van der Waals surface area contributed by atoms with E-state index in [1.165, 1.54) is 24.4 Å². The van der Waals surface area contributed by atoms with Crippen LogP contribution in [0.4, 0.5) is 0 Å². The van der Waals surface area contributed by atoms with Crippen molar-refractivity contribution >= 4 is 23.6 Å². The van der Waals surface area contributed by atoms with Gasteiger partial charge in [0, 0.05) is 0 Å². The SMILES string of the molecule is CCC(CC)(CC)[Si](C)(Cl)c1ccccc1. The molecule has 0 bridgehead atoms. The van der Waals surface area contributed by atoms with Crippen molar-refractivity contribution in [3.63, 3.8) is 0 Å². The Bertz CT molecular complexity index is 307. The van der Waals surface area contributed by atoms with Crippen LogP contribution in [-0.2, 0) is 0 Å². The van der Waals surface area contributed by atoms with Crippen molar-refractivity contribution in [2.45, 2.75) is 51.6 Å². The molecule has 0 heterocycles. The second-order valence-corrected chi connectivity index (χ2v) is 10.6. The van der Waals surface area contributed by atoms with Gasteiger partial charge in [-0.3, -0.25) is 0 Å². The zero-order valence-electron chi connectivity index (χ0n) is 10.9. The second kappa shape index (κ2) is 5.37. The zero-order valence-corrected chi connectivity index (χ0v) is 12.6. The first kappa shape index (κ1) is 13.8. The molecule has 0 saturated heterocycles. The zero-order chi connectivity index (χ0) is 12.2. The first-order chi connectivity index (χ1) is 7.54. The first-order valence-electron chi connectivity index (χ1n) is 6.28. The minimum atomic E-state index is -1.89. The van der Waals surface area contributed by atoms with E-state index < -0.39 is 7.38 Å². The molecule has 0 N–H and O–H groups in total. The van der Waals surface area contributed by atoms with Crippen molar-refractivity contribution in [3.05, 3.63) is 30.3 Å². The predicted octanol–water partition coefficient (Wildman–Crippen LogP) is 4.68. The van der Waals surface area contributed by atoms with Crippen LogP contribution in [0.5, 0.6) is 0 Å². The topological polar surface area (TPSA) is 0 Å². The Kier molecular flexibility index (Phi) is 4.63. The molecule has 0 fully saturated rings. The van der Waals surface area contributed by atoms with Crippen LogP contribution < -0.4 is 5.19 Å². The van der Waals surface area contributed by atoms with Crippen molar-refractivity contribution in [2.24, 2.45) is 0 Å². The van der Waals surface area contributed by atoms with Crippen LogP contribution in [0.3, 0.4) is 0 Å². The number of hydrogen-bond donors (Lipinski definition) is 0. The highest BCUT2D eigenvalue weighted by Gasteiger charge is 2.46. The number of halogens is 1. The van der Waals surface area contributed by atoms with Crippen LogP contribution in [0.25, 0.3) is 0 Å². The summed E-state index contributed by atoms with van der Waals surface area (Å²) >= 11 is 7.02. The van der Waals surface area contributed by atoms with Crippen molar-refractivity contribution in [2.75, 3.05) is 0 Å². The largest absolute Gasteiger partial charge is 0.189 e. The molecule has 0 saturated carbocycles. The van der Waals surface area contributed by atoms with Gasteiger partial charge in [0.25, 0.3) is 0 Å². The van der Waals surface area contributed by atoms with Crippen molar-refractivity contribution in [1.29, 1.82) is 0 Å². The van der Waals surface area contributed by atoms with E-state index in [4.69, 9.17) is 11.1 Å². The highest BCUT2D eigenvalue weighted by atomic mass is 35.6. The van der Waals surface area contributed by atoms with Gasteiger partial charge in [-0.15, -0.1) is 0 Å². The molecule has 0 nitrogen and oxygen atoms in total. The van der Waals surface area contributed by atoms with E-state index in [1.807, 2.05) is 0 Å². The molecule has 0 aromatic heterocycles. The average molecular weight is 255 g/mol. The lowest BCUT2D eigenvalue weighted by Crippen LogP contribution is -2.50. The number of hydrogen-bond acceptors (Lipinski definition) is 0. The number of benzene rings is 1. The third-order valence-corrected chi connectivity index (χ3v) is 10.7. The fourth-order valence-electron chi connectivity index (χ4n) is 2.80. The Morgan fingerprint density at radius 2 is 1.44 bits per heavy atom. The summed E-state index contributed by atoms with van der Waals surface area (Å²) in [5.74, 6) is 0. The molecule has 16 heavy (non-hydrogen) atoms. The van der Waals surface area contributed by atoms with E-state index in [2.05, 4.69) is 57.7 Å². The standard InChI is InChI=1S/C14H23ClSi/c1-5-14(6-2,7-3)16(4,15)13-11-9-8-10-12-13/h8-12H,5-7H2,1-4H3. The van der Waals surface area contributed by atoms with Crippen LogP contribution in [0.2, 0.25) is 11.6 Å². The first-order valence-corrected chi connectivity index (χ1v) is 9.79. The van der Waals surface area contributed by atoms with Crippen LogP contribution in [0.1, 0.15) is 40.0 Å². The quantitative estimate of drug-likeness (QED) is 0.529. The van der Waals surface area contributed by atoms with Crippen LogP contribution in [0, 0.1) is 0 Å². The molecule has 1 atom stereocenters. The normalized spacial score (nSPS) is 15.8. The molecule has 0 radical (unpaired) electrons. The summed E-state index contributed by atoms with van der Waals surface area (Å²) < 4.78 is 0. The van der Waals surface area contributed by atoms with Gasteiger partial charge >= 0.3 is 0 Å². The van der Waals surface area contributed by atoms with Gasteiger partial charge in [-0.1, -0.05) is 76.9 Å². The summed E-state index contributed by atoms with van der Waals surface area (Å²) in [6.45, 7) is 9.15. The van der Waals surface area contributed by atoms with Gasteiger partial charge in [0.15, 0.2) is 7.38 Å². The molecular weight excluding hydrogens is 232 g/mol. The Hall–Kier alpha value is -0.273. The molecule has 0 aliphatic heterocycles. The van der Waals surface area contributed by atoms with Gasteiger partial charge in [0.05, 0.1) is 0 Å². The lowest BCUT2D eigenvalue weighted by atomic mass is 9.99. The maximum Gasteiger partial charge on any atom is 0.189 e. The Balaban J connectivity index is 3.18. The van der Waals surface area contributed by atoms with Crippen LogP contribution in [-0.4, -0.2) is 7.38 Å². The fourth-order valence-corrected chi connectivity index (χ4v) is 7.81. The summed E-state index contributed by atoms with van der Waals surface area (Å²) in [7, 11) is -1.89. The average Bonchev–Trinajstić information content (AvgIpc) is 2.33. The van der Waals surface area contributed by atoms with E-state index >= 15 is 0 Å². The molecular formula is C14H23ClSi. The summed E-state index contributed by atoms with van der Waals surface area (Å²) in [6.07, 6.45) is 3.54. The smallest absolute Gasteiger partial charge is 0.161 e. The molecule has 0 amide bonds. The lowest BCUT2D eigenvalue weighted by Gasteiger charge is -2.42. The molecule has 1 aromatic carbocycles. The lowest BCUT2D eigenvalue weighted by molar-refractivity contribution is 0.488. The van der Waals surface area contributed by atoms with E-state index in [1.54, 1.807) is 0 Å². The van der Waals surface area contributed by atoms with Crippen LogP contribution >= 0.6 is 11.1 Å². The maximum absolute atomic E-state index is 7.02. The van der Waals surface area contributed by atoms with E-state index in [0.717, 1.165) is 0 Å². The molecule has 2 heteroatoms. The number of rotatable bonds is 5. The second-order valence-electron chi connectivity index (χ2n) is 4.71. The summed E-state index contributed by atoms with van der Waals surface area (Å²) in [4.78, 5) is 0. The van der Waals surface area contributed by atoms with Crippen molar-refractivity contribution in [3.8, 4) is 0 Å².